The summed E-state index contributed by atoms with van der Waals surface area (Å²) in [5.41, 5.74) is 3.13. The third-order valence-corrected chi connectivity index (χ3v) is 6.62. The van der Waals surface area contributed by atoms with Crippen molar-refractivity contribution in [2.45, 2.75) is 38.1 Å². The second kappa shape index (κ2) is 9.93. The molecule has 6 nitrogen and oxygen atoms in total. The van der Waals surface area contributed by atoms with Crippen molar-refractivity contribution >= 4 is 28.1 Å². The molecular weight excluding hydrogens is 488 g/mol. The molecular formula is C27H26F4N4O2. The summed E-state index contributed by atoms with van der Waals surface area (Å²) in [4.78, 5) is 9.65. The molecule has 1 atom stereocenters. The third-order valence-electron chi connectivity index (χ3n) is 6.62. The van der Waals surface area contributed by atoms with Crippen LogP contribution in [-0.2, 0) is 0 Å². The predicted molar refractivity (Wildman–Crippen MR) is 134 cm³/mol. The first-order valence-corrected chi connectivity index (χ1v) is 11.9. The van der Waals surface area contributed by atoms with Gasteiger partial charge in [-0.25, -0.2) is 9.37 Å². The lowest BCUT2D eigenvalue weighted by atomic mass is 10.1. The van der Waals surface area contributed by atoms with E-state index in [2.05, 4.69) is 20.2 Å². The molecule has 0 radical (unpaired) electrons. The molecule has 1 unspecified atom stereocenters. The first-order valence-electron chi connectivity index (χ1n) is 11.9. The second-order valence-electron chi connectivity index (χ2n) is 9.15. The van der Waals surface area contributed by atoms with Crippen LogP contribution >= 0.6 is 0 Å². The van der Waals surface area contributed by atoms with E-state index in [1.54, 1.807) is 18.3 Å². The van der Waals surface area contributed by atoms with E-state index in [0.717, 1.165) is 22.8 Å². The van der Waals surface area contributed by atoms with Gasteiger partial charge in [-0.2, -0.15) is 13.2 Å². The van der Waals surface area contributed by atoms with Crippen LogP contribution in [0.1, 0.15) is 30.1 Å². The van der Waals surface area contributed by atoms with Crippen LogP contribution in [0.3, 0.4) is 0 Å². The molecule has 0 saturated carbocycles. The van der Waals surface area contributed by atoms with E-state index in [1.807, 2.05) is 25.1 Å². The van der Waals surface area contributed by atoms with Crippen molar-refractivity contribution in [1.29, 1.82) is 0 Å². The summed E-state index contributed by atoms with van der Waals surface area (Å²) in [7, 11) is 0. The zero-order valence-electron chi connectivity index (χ0n) is 20.0. The summed E-state index contributed by atoms with van der Waals surface area (Å²) in [6.07, 6.45) is -3.04. The lowest BCUT2D eigenvalue weighted by molar-refractivity contribution is -0.206. The minimum Gasteiger partial charge on any atom is -0.490 e. The van der Waals surface area contributed by atoms with E-state index in [4.69, 9.17) is 4.74 Å². The van der Waals surface area contributed by atoms with Gasteiger partial charge in [-0.05, 0) is 48.9 Å². The summed E-state index contributed by atoms with van der Waals surface area (Å²) in [5, 5.41) is 13.4. The van der Waals surface area contributed by atoms with Gasteiger partial charge in [0.2, 0.25) is 0 Å². The maximum absolute atomic E-state index is 13.7. The zero-order valence-corrected chi connectivity index (χ0v) is 20.0. The lowest BCUT2D eigenvalue weighted by Crippen LogP contribution is -2.39. The first kappa shape index (κ1) is 24.9. The molecule has 1 aliphatic heterocycles. The van der Waals surface area contributed by atoms with Crippen molar-refractivity contribution < 1.29 is 27.4 Å². The van der Waals surface area contributed by atoms with Crippen LogP contribution in [0, 0.1) is 12.7 Å². The molecule has 1 aliphatic rings. The van der Waals surface area contributed by atoms with Gasteiger partial charge in [-0.1, -0.05) is 12.1 Å². The Morgan fingerprint density at radius 1 is 1.14 bits per heavy atom. The molecule has 0 aliphatic carbocycles. The number of pyridine rings is 1. The highest BCUT2D eigenvalue weighted by atomic mass is 19.4. The molecule has 3 N–H and O–H groups in total. The molecule has 0 amide bonds. The summed E-state index contributed by atoms with van der Waals surface area (Å²) in [5.74, 6) is 0.854. The average Bonchev–Trinajstić information content (AvgIpc) is 3.25. The SMILES string of the molecule is Cc1c(Nc2ccc3c(F)c[nH]c3c2)ccnc1N1CCC(Oc2cccc(C(O)C(F)(F)F)c2)CC1. The number of rotatable bonds is 6. The largest absolute Gasteiger partial charge is 0.490 e. The molecule has 37 heavy (non-hydrogen) atoms. The molecule has 4 aromatic rings. The van der Waals surface area contributed by atoms with Crippen LogP contribution in [0.15, 0.2) is 60.9 Å². The predicted octanol–water partition coefficient (Wildman–Crippen LogP) is 6.40. The number of piperidine rings is 1. The summed E-state index contributed by atoms with van der Waals surface area (Å²) in [6, 6.07) is 12.8. The number of aliphatic hydroxyl groups excluding tert-OH is 1. The highest BCUT2D eigenvalue weighted by molar-refractivity contribution is 5.84. The van der Waals surface area contributed by atoms with Gasteiger partial charge >= 0.3 is 6.18 Å². The second-order valence-corrected chi connectivity index (χ2v) is 9.15. The number of H-pyrrole nitrogens is 1. The monoisotopic (exact) mass is 514 g/mol. The van der Waals surface area contributed by atoms with Crippen molar-refractivity contribution in [1.82, 2.24) is 9.97 Å². The average molecular weight is 515 g/mol. The van der Waals surface area contributed by atoms with Crippen LogP contribution in [-0.4, -0.2) is 40.4 Å². The van der Waals surface area contributed by atoms with Crippen molar-refractivity contribution in [3.05, 3.63) is 77.9 Å². The van der Waals surface area contributed by atoms with Crippen LogP contribution in [0.2, 0.25) is 0 Å². The summed E-state index contributed by atoms with van der Waals surface area (Å²) in [6.45, 7) is 3.32. The summed E-state index contributed by atoms with van der Waals surface area (Å²) >= 11 is 0. The lowest BCUT2D eigenvalue weighted by Gasteiger charge is -2.34. The van der Waals surface area contributed by atoms with E-state index < -0.39 is 12.3 Å². The number of nitrogens with one attached hydrogen (secondary N) is 2. The van der Waals surface area contributed by atoms with Gasteiger partial charge in [-0.15, -0.1) is 0 Å². The fourth-order valence-electron chi connectivity index (χ4n) is 4.63. The molecule has 1 fully saturated rings. The minimum absolute atomic E-state index is 0.163. The smallest absolute Gasteiger partial charge is 0.418 e. The molecule has 5 rings (SSSR count). The Bertz CT molecular complexity index is 1400. The van der Waals surface area contributed by atoms with Crippen LogP contribution in [0.4, 0.5) is 34.8 Å². The number of hydrogen-bond acceptors (Lipinski definition) is 5. The van der Waals surface area contributed by atoms with E-state index in [-0.39, 0.29) is 17.5 Å². The molecule has 194 valence electrons. The number of halogens is 4. The van der Waals surface area contributed by atoms with E-state index in [9.17, 15) is 22.7 Å². The summed E-state index contributed by atoms with van der Waals surface area (Å²) < 4.78 is 58.3. The quantitative estimate of drug-likeness (QED) is 0.260. The van der Waals surface area contributed by atoms with Crippen molar-refractivity contribution in [3.8, 4) is 5.75 Å². The van der Waals surface area contributed by atoms with E-state index in [1.165, 1.54) is 24.4 Å². The van der Waals surface area contributed by atoms with Crippen LogP contribution < -0.4 is 15.0 Å². The highest BCUT2D eigenvalue weighted by Gasteiger charge is 2.39. The first-order chi connectivity index (χ1) is 17.7. The van der Waals surface area contributed by atoms with Crippen molar-refractivity contribution in [2.24, 2.45) is 0 Å². The van der Waals surface area contributed by atoms with Gasteiger partial charge in [0.25, 0.3) is 0 Å². The Balaban J connectivity index is 1.23. The minimum atomic E-state index is -4.73. The van der Waals surface area contributed by atoms with Gasteiger partial charge in [0.1, 0.15) is 23.5 Å². The molecule has 10 heteroatoms. The third kappa shape index (κ3) is 5.34. The standard InChI is InChI=1S/C27H26F4N4O2/c1-16-23(34-18-5-6-21-22(28)15-33-24(21)14-18)7-10-32-26(16)35-11-8-19(9-12-35)37-20-4-2-3-17(13-20)25(36)27(29,30)31/h2-7,10,13-15,19,25,33,36H,8-9,11-12H2,1H3,(H,32,34). The van der Waals surface area contributed by atoms with E-state index in [0.29, 0.717) is 42.6 Å². The van der Waals surface area contributed by atoms with Crippen molar-refractivity contribution in [3.63, 3.8) is 0 Å². The molecule has 0 bridgehead atoms. The van der Waals surface area contributed by atoms with Gasteiger partial charge in [0, 0.05) is 60.6 Å². The zero-order chi connectivity index (χ0) is 26.2. The number of hydrogen-bond donors (Lipinski definition) is 3. The van der Waals surface area contributed by atoms with Crippen LogP contribution in [0.5, 0.6) is 5.75 Å². The molecule has 0 spiro atoms. The number of aromatic nitrogens is 2. The number of ether oxygens (including phenoxy) is 1. The number of anilines is 3. The topological polar surface area (TPSA) is 73.4 Å². The number of nitrogens with zero attached hydrogens (tertiary/aromatic N) is 2. The van der Waals surface area contributed by atoms with Gasteiger partial charge in [0.15, 0.2) is 6.10 Å². The Kier molecular flexibility index (Phi) is 6.68. The fraction of sp³-hybridized carbons (Fsp3) is 0.296. The Hall–Kier alpha value is -3.79. The number of alkyl halides is 3. The van der Waals surface area contributed by atoms with Crippen molar-refractivity contribution in [2.75, 3.05) is 23.3 Å². The highest BCUT2D eigenvalue weighted by Crippen LogP contribution is 2.35. The number of benzene rings is 2. The van der Waals surface area contributed by atoms with Gasteiger partial charge in [-0.3, -0.25) is 0 Å². The van der Waals surface area contributed by atoms with E-state index >= 15 is 0 Å². The Morgan fingerprint density at radius 2 is 1.92 bits per heavy atom. The maximum atomic E-state index is 13.7. The number of aliphatic hydroxyl groups is 1. The number of aromatic amines is 1. The normalized spacial score (nSPS) is 15.7. The van der Waals surface area contributed by atoms with Crippen LogP contribution in [0.25, 0.3) is 10.9 Å². The maximum Gasteiger partial charge on any atom is 0.418 e. The Labute approximate surface area is 210 Å². The molecule has 2 aromatic carbocycles. The van der Waals surface area contributed by atoms with Gasteiger partial charge < -0.3 is 25.0 Å². The van der Waals surface area contributed by atoms with Gasteiger partial charge in [0.05, 0.1) is 5.52 Å². The molecule has 3 heterocycles. The fourth-order valence-corrected chi connectivity index (χ4v) is 4.63. The Morgan fingerprint density at radius 3 is 2.68 bits per heavy atom. The number of fused-ring (bicyclic) bond motifs is 1. The molecule has 2 aromatic heterocycles. The molecule has 1 saturated heterocycles.